The molecule has 2 aromatic rings. The summed E-state index contributed by atoms with van der Waals surface area (Å²) in [7, 11) is 0. The molecule has 0 aromatic heterocycles. The highest BCUT2D eigenvalue weighted by Crippen LogP contribution is 2.28. The van der Waals surface area contributed by atoms with Gasteiger partial charge in [-0.1, -0.05) is 32.0 Å². The third kappa shape index (κ3) is 5.57. The van der Waals surface area contributed by atoms with E-state index >= 15 is 0 Å². The number of carbonyl (C=O) groups excluding carboxylic acids is 3. The first-order valence-electron chi connectivity index (χ1n) is 8.87. The molecule has 0 fully saturated rings. The first kappa shape index (κ1) is 21.0. The predicted molar refractivity (Wildman–Crippen MR) is 101 cm³/mol. The Morgan fingerprint density at radius 2 is 1.86 bits per heavy atom. The molecule has 0 unspecified atom stereocenters. The van der Waals surface area contributed by atoms with Gasteiger partial charge >= 0.3 is 5.97 Å². The average Bonchev–Trinajstić information content (AvgIpc) is 2.66. The maximum Gasteiger partial charge on any atom is 0.308 e. The molecular weight excluding hydrogens is 362 g/mol. The number of hydrogen-bond donors (Lipinski definition) is 1. The minimum absolute atomic E-state index is 0.0275. The van der Waals surface area contributed by atoms with E-state index in [2.05, 4.69) is 19.2 Å². The quantitative estimate of drug-likeness (QED) is 0.554. The van der Waals surface area contributed by atoms with E-state index in [1.54, 1.807) is 6.07 Å². The summed E-state index contributed by atoms with van der Waals surface area (Å²) < 4.78 is 10.5. The number of carboxylic acids is 1. The zero-order valence-electron chi connectivity index (χ0n) is 16.0. The van der Waals surface area contributed by atoms with E-state index in [0.29, 0.717) is 5.75 Å². The summed E-state index contributed by atoms with van der Waals surface area (Å²) in [6.07, 6.45) is 0.927. The van der Waals surface area contributed by atoms with E-state index in [4.69, 9.17) is 9.47 Å². The second kappa shape index (κ2) is 9.55. The summed E-state index contributed by atoms with van der Waals surface area (Å²) >= 11 is 0. The number of esters is 1. The normalized spacial score (nSPS) is 11.4. The molecule has 148 valence electrons. The predicted octanol–water partition coefficient (Wildman–Crippen LogP) is 2.51. The van der Waals surface area contributed by atoms with Crippen LogP contribution in [0.5, 0.6) is 11.5 Å². The lowest BCUT2D eigenvalue weighted by Gasteiger charge is -2.16. The van der Waals surface area contributed by atoms with Crippen LogP contribution in [-0.2, 0) is 9.59 Å². The molecule has 1 atom stereocenters. The van der Waals surface area contributed by atoms with Gasteiger partial charge in [0, 0.05) is 12.5 Å². The molecule has 0 saturated carbocycles. The first-order chi connectivity index (χ1) is 13.3. The largest absolute Gasteiger partial charge is 0.545 e. The van der Waals surface area contributed by atoms with Crippen LogP contribution >= 0.6 is 0 Å². The molecule has 0 aliphatic carbocycles. The van der Waals surface area contributed by atoms with Gasteiger partial charge in [-0.15, -0.1) is 0 Å². The minimum atomic E-state index is -1.51. The van der Waals surface area contributed by atoms with E-state index < -0.39 is 17.8 Å². The van der Waals surface area contributed by atoms with Gasteiger partial charge in [0.25, 0.3) is 5.91 Å². The summed E-state index contributed by atoms with van der Waals surface area (Å²) in [5, 5.41) is 13.8. The van der Waals surface area contributed by atoms with Crippen molar-refractivity contribution in [3.05, 3.63) is 53.6 Å². The van der Waals surface area contributed by atoms with Gasteiger partial charge in [-0.3, -0.25) is 9.59 Å². The van der Waals surface area contributed by atoms with Gasteiger partial charge in [-0.25, -0.2) is 0 Å². The molecule has 1 amide bonds. The van der Waals surface area contributed by atoms with Gasteiger partial charge in [0.1, 0.15) is 11.5 Å². The number of benzene rings is 2. The van der Waals surface area contributed by atoms with Gasteiger partial charge in [0.15, 0.2) is 6.61 Å². The highest BCUT2D eigenvalue weighted by Gasteiger charge is 2.13. The Hall–Kier alpha value is -3.35. The summed E-state index contributed by atoms with van der Waals surface area (Å²) in [5.41, 5.74) is 0.728. The van der Waals surface area contributed by atoms with Crippen molar-refractivity contribution in [1.82, 2.24) is 0 Å². The summed E-state index contributed by atoms with van der Waals surface area (Å²) in [4.78, 5) is 34.6. The Morgan fingerprint density at radius 1 is 1.14 bits per heavy atom. The number of para-hydroxylation sites is 1. The molecule has 0 aliphatic heterocycles. The van der Waals surface area contributed by atoms with E-state index in [1.165, 1.54) is 19.1 Å². The SMILES string of the molecule is CC[C@H](C)c1ccccc1OCC(=O)Nc1ccc(OC(C)=O)cc1C(=O)[O-]. The molecule has 28 heavy (non-hydrogen) atoms. The van der Waals surface area contributed by atoms with Crippen molar-refractivity contribution in [2.45, 2.75) is 33.1 Å². The highest BCUT2D eigenvalue weighted by molar-refractivity contribution is 6.00. The molecule has 0 heterocycles. The highest BCUT2D eigenvalue weighted by atomic mass is 16.5. The second-order valence-corrected chi connectivity index (χ2v) is 6.27. The lowest BCUT2D eigenvalue weighted by atomic mass is 9.98. The number of carbonyl (C=O) groups is 3. The van der Waals surface area contributed by atoms with Crippen molar-refractivity contribution < 1.29 is 29.0 Å². The van der Waals surface area contributed by atoms with Crippen molar-refractivity contribution in [2.24, 2.45) is 0 Å². The number of hydrogen-bond acceptors (Lipinski definition) is 6. The van der Waals surface area contributed by atoms with Crippen molar-refractivity contribution in [2.75, 3.05) is 11.9 Å². The van der Waals surface area contributed by atoms with E-state index in [9.17, 15) is 19.5 Å². The Bertz CT molecular complexity index is 877. The van der Waals surface area contributed by atoms with Crippen LogP contribution in [0.1, 0.15) is 49.0 Å². The van der Waals surface area contributed by atoms with E-state index in [-0.39, 0.29) is 29.5 Å². The summed E-state index contributed by atoms with van der Waals surface area (Å²) in [6, 6.07) is 11.3. The van der Waals surface area contributed by atoms with Crippen molar-refractivity contribution >= 4 is 23.5 Å². The molecule has 0 bridgehead atoms. The maximum absolute atomic E-state index is 12.2. The Balaban J connectivity index is 2.09. The number of rotatable bonds is 8. The van der Waals surface area contributed by atoms with Crippen LogP contribution in [0.3, 0.4) is 0 Å². The van der Waals surface area contributed by atoms with Crippen LogP contribution in [0.2, 0.25) is 0 Å². The molecule has 1 N–H and O–H groups in total. The lowest BCUT2D eigenvalue weighted by Crippen LogP contribution is -2.26. The van der Waals surface area contributed by atoms with E-state index in [1.807, 2.05) is 18.2 Å². The molecule has 0 aliphatic rings. The third-order valence-corrected chi connectivity index (χ3v) is 4.17. The van der Waals surface area contributed by atoms with Gasteiger partial charge in [0.05, 0.1) is 11.7 Å². The number of anilines is 1. The topological polar surface area (TPSA) is 105 Å². The fraction of sp³-hybridized carbons (Fsp3) is 0.286. The minimum Gasteiger partial charge on any atom is -0.545 e. The number of aromatic carboxylic acids is 1. The van der Waals surface area contributed by atoms with Crippen LogP contribution < -0.4 is 19.9 Å². The fourth-order valence-electron chi connectivity index (χ4n) is 2.60. The van der Waals surface area contributed by atoms with Gasteiger partial charge in [-0.2, -0.15) is 0 Å². The number of ether oxygens (including phenoxy) is 2. The zero-order chi connectivity index (χ0) is 20.7. The lowest BCUT2D eigenvalue weighted by molar-refractivity contribution is -0.254. The number of amides is 1. The van der Waals surface area contributed by atoms with Crippen LogP contribution in [0, 0.1) is 0 Å². The summed E-state index contributed by atoms with van der Waals surface area (Å²) in [6.45, 7) is 5.04. The fourth-order valence-corrected chi connectivity index (χ4v) is 2.60. The second-order valence-electron chi connectivity index (χ2n) is 6.27. The van der Waals surface area contributed by atoms with Crippen molar-refractivity contribution in [3.63, 3.8) is 0 Å². The average molecular weight is 384 g/mol. The van der Waals surface area contributed by atoms with Crippen LogP contribution in [-0.4, -0.2) is 24.5 Å². The first-order valence-corrected chi connectivity index (χ1v) is 8.87. The maximum atomic E-state index is 12.2. The third-order valence-electron chi connectivity index (χ3n) is 4.17. The molecule has 0 saturated heterocycles. The molecule has 2 rings (SSSR count). The molecule has 2 aromatic carbocycles. The Labute approximate surface area is 163 Å². The van der Waals surface area contributed by atoms with Gasteiger partial charge in [0.2, 0.25) is 0 Å². The monoisotopic (exact) mass is 384 g/mol. The molecule has 7 nitrogen and oxygen atoms in total. The molecular formula is C21H22NO6-. The Kier molecular flexibility index (Phi) is 7.14. The standard InChI is InChI=1S/C21H23NO6/c1-4-13(2)16-7-5-6-8-19(16)27-12-20(24)22-18-10-9-15(28-14(3)23)11-17(18)21(25)26/h5-11,13H,4,12H2,1-3H3,(H,22,24)(H,25,26)/p-1/t13-/m0/s1. The number of nitrogens with one attached hydrogen (secondary N) is 1. The molecule has 7 heteroatoms. The van der Waals surface area contributed by atoms with Gasteiger partial charge in [-0.05, 0) is 42.2 Å². The summed E-state index contributed by atoms with van der Waals surface area (Å²) in [5.74, 6) is -1.69. The van der Waals surface area contributed by atoms with Crippen LogP contribution in [0.15, 0.2) is 42.5 Å². The van der Waals surface area contributed by atoms with Crippen molar-refractivity contribution in [1.29, 1.82) is 0 Å². The van der Waals surface area contributed by atoms with Crippen LogP contribution in [0.25, 0.3) is 0 Å². The van der Waals surface area contributed by atoms with Crippen LogP contribution in [0.4, 0.5) is 5.69 Å². The van der Waals surface area contributed by atoms with Gasteiger partial charge < -0.3 is 24.7 Å². The molecule has 0 spiro atoms. The smallest absolute Gasteiger partial charge is 0.308 e. The van der Waals surface area contributed by atoms with Crippen molar-refractivity contribution in [3.8, 4) is 11.5 Å². The number of carboxylic acid groups (broad SMARTS) is 1. The zero-order valence-corrected chi connectivity index (χ0v) is 16.0. The van der Waals surface area contributed by atoms with E-state index in [0.717, 1.165) is 18.1 Å². The Morgan fingerprint density at radius 3 is 2.50 bits per heavy atom. The molecule has 0 radical (unpaired) electrons.